The fraction of sp³-hybridized carbons (Fsp3) is 0.550. The van der Waals surface area contributed by atoms with E-state index < -0.39 is 12.6 Å². The zero-order valence-corrected chi connectivity index (χ0v) is 17.3. The number of alkyl halides is 3. The lowest BCUT2D eigenvalue weighted by Crippen LogP contribution is -2.39. The number of halogens is 3. The molecule has 10 heteroatoms. The van der Waals surface area contributed by atoms with Crippen molar-refractivity contribution in [2.75, 3.05) is 26.7 Å². The fourth-order valence-corrected chi connectivity index (χ4v) is 2.63. The monoisotopic (exact) mass is 427 g/mol. The molecule has 0 fully saturated rings. The normalized spacial score (nSPS) is 12.1. The Balaban J connectivity index is 1.69. The number of aryl methyl sites for hydroxylation is 1. The number of nitrogens with one attached hydrogen (secondary N) is 2. The number of hydrogen-bond acceptors (Lipinski definition) is 5. The molecule has 0 unspecified atom stereocenters. The molecular weight excluding hydrogens is 399 g/mol. The molecule has 0 saturated heterocycles. The first-order valence-corrected chi connectivity index (χ1v) is 9.97. The molecule has 0 bridgehead atoms. The van der Waals surface area contributed by atoms with Crippen molar-refractivity contribution in [3.8, 4) is 17.1 Å². The Labute approximate surface area is 174 Å². The third-order valence-electron chi connectivity index (χ3n) is 4.18. The predicted molar refractivity (Wildman–Crippen MR) is 108 cm³/mol. The number of hydrogen-bond donors (Lipinski definition) is 2. The van der Waals surface area contributed by atoms with Crippen LogP contribution in [0.3, 0.4) is 0 Å². The number of benzene rings is 1. The van der Waals surface area contributed by atoms with Crippen LogP contribution in [0.5, 0.6) is 5.75 Å². The molecule has 0 aliphatic rings. The van der Waals surface area contributed by atoms with E-state index in [4.69, 9.17) is 9.26 Å². The van der Waals surface area contributed by atoms with Gasteiger partial charge in [-0.1, -0.05) is 11.6 Å². The van der Waals surface area contributed by atoms with E-state index in [0.29, 0.717) is 37.2 Å². The third-order valence-corrected chi connectivity index (χ3v) is 4.18. The summed E-state index contributed by atoms with van der Waals surface area (Å²) in [5, 5.41) is 9.64. The molecule has 0 aliphatic carbocycles. The first-order valence-electron chi connectivity index (χ1n) is 9.97. The van der Waals surface area contributed by atoms with Crippen LogP contribution in [0.15, 0.2) is 33.8 Å². The van der Waals surface area contributed by atoms with E-state index in [-0.39, 0.29) is 6.54 Å². The van der Waals surface area contributed by atoms with Crippen molar-refractivity contribution in [3.63, 3.8) is 0 Å². The highest BCUT2D eigenvalue weighted by atomic mass is 19.4. The van der Waals surface area contributed by atoms with Crippen LogP contribution in [0.2, 0.25) is 0 Å². The van der Waals surface area contributed by atoms with E-state index in [1.807, 2.05) is 31.2 Å². The molecule has 1 aromatic carbocycles. The minimum Gasteiger partial charge on any atom is -0.497 e. The molecule has 0 aliphatic heterocycles. The van der Waals surface area contributed by atoms with Gasteiger partial charge in [-0.25, -0.2) is 0 Å². The number of ether oxygens (including phenoxy) is 1. The lowest BCUT2D eigenvalue weighted by Gasteiger charge is -2.12. The second-order valence-corrected chi connectivity index (χ2v) is 6.60. The molecule has 166 valence electrons. The number of aliphatic imine (C=N–C) groups is 1. The minimum absolute atomic E-state index is 0.191. The lowest BCUT2D eigenvalue weighted by atomic mass is 10.2. The molecule has 0 saturated carbocycles. The molecule has 1 heterocycles. The van der Waals surface area contributed by atoms with Crippen molar-refractivity contribution in [1.29, 1.82) is 0 Å². The molecular formula is C20H28F3N5O2. The zero-order chi connectivity index (χ0) is 21.8. The second-order valence-electron chi connectivity index (χ2n) is 6.60. The first kappa shape index (κ1) is 23.5. The Morgan fingerprint density at radius 2 is 1.90 bits per heavy atom. The molecule has 30 heavy (non-hydrogen) atoms. The highest BCUT2D eigenvalue weighted by molar-refractivity contribution is 5.79. The Kier molecular flexibility index (Phi) is 9.43. The SMILES string of the molecule is CCNC(=NCCCCCc1nc(-c2ccc(OC)cc2)no1)NCCC(F)(F)F. The van der Waals surface area contributed by atoms with Gasteiger partial charge in [-0.15, -0.1) is 0 Å². The standard InChI is InChI=1S/C20H28F3N5O2/c1-3-24-19(26-14-12-20(21,22)23)25-13-6-4-5-7-17-27-18(28-30-17)15-8-10-16(29-2)11-9-15/h8-11H,3-7,12-14H2,1-2H3,(H2,24,25,26). The van der Waals surface area contributed by atoms with Gasteiger partial charge in [0.05, 0.1) is 13.5 Å². The summed E-state index contributed by atoms with van der Waals surface area (Å²) in [5.41, 5.74) is 0.856. The van der Waals surface area contributed by atoms with Gasteiger partial charge in [-0.3, -0.25) is 4.99 Å². The number of methoxy groups -OCH3 is 1. The van der Waals surface area contributed by atoms with Crippen molar-refractivity contribution < 1.29 is 22.4 Å². The van der Waals surface area contributed by atoms with Gasteiger partial charge < -0.3 is 19.9 Å². The van der Waals surface area contributed by atoms with Gasteiger partial charge >= 0.3 is 6.18 Å². The predicted octanol–water partition coefficient (Wildman–Crippen LogP) is 3.97. The molecule has 7 nitrogen and oxygen atoms in total. The van der Waals surface area contributed by atoms with Crippen LogP contribution in [-0.4, -0.2) is 49.0 Å². The van der Waals surface area contributed by atoms with Gasteiger partial charge in [0.1, 0.15) is 5.75 Å². The van der Waals surface area contributed by atoms with Gasteiger partial charge in [-0.05, 0) is 44.0 Å². The van der Waals surface area contributed by atoms with E-state index in [1.54, 1.807) is 7.11 Å². The van der Waals surface area contributed by atoms with E-state index in [2.05, 4.69) is 25.8 Å². The van der Waals surface area contributed by atoms with Crippen molar-refractivity contribution in [2.24, 2.45) is 4.99 Å². The zero-order valence-electron chi connectivity index (χ0n) is 17.3. The summed E-state index contributed by atoms with van der Waals surface area (Å²) >= 11 is 0. The Bertz CT molecular complexity index is 775. The Morgan fingerprint density at radius 3 is 2.57 bits per heavy atom. The minimum atomic E-state index is -4.17. The quantitative estimate of drug-likeness (QED) is 0.321. The van der Waals surface area contributed by atoms with Crippen LogP contribution in [0, 0.1) is 0 Å². The largest absolute Gasteiger partial charge is 0.497 e. The second kappa shape index (κ2) is 12.0. The number of aromatic nitrogens is 2. The average Bonchev–Trinajstić information content (AvgIpc) is 3.18. The summed E-state index contributed by atoms with van der Waals surface area (Å²) in [6.45, 7) is 2.79. The first-order chi connectivity index (χ1) is 14.4. The summed E-state index contributed by atoms with van der Waals surface area (Å²) < 4.78 is 47.1. The summed E-state index contributed by atoms with van der Waals surface area (Å²) in [5.74, 6) is 2.28. The number of guanidine groups is 1. The van der Waals surface area contributed by atoms with Crippen molar-refractivity contribution in [3.05, 3.63) is 30.2 Å². The molecule has 0 spiro atoms. The summed E-state index contributed by atoms with van der Waals surface area (Å²) in [6, 6.07) is 7.42. The molecule has 0 amide bonds. The van der Waals surface area contributed by atoms with Gasteiger partial charge in [-0.2, -0.15) is 18.2 Å². The van der Waals surface area contributed by atoms with Crippen molar-refractivity contribution >= 4 is 5.96 Å². The highest BCUT2D eigenvalue weighted by Crippen LogP contribution is 2.20. The maximum absolute atomic E-state index is 12.2. The van der Waals surface area contributed by atoms with Crippen LogP contribution < -0.4 is 15.4 Å². The molecule has 0 atom stereocenters. The summed E-state index contributed by atoms with van der Waals surface area (Å²) in [4.78, 5) is 8.70. The van der Waals surface area contributed by atoms with E-state index in [0.717, 1.165) is 30.6 Å². The van der Waals surface area contributed by atoms with Crippen LogP contribution in [-0.2, 0) is 6.42 Å². The Morgan fingerprint density at radius 1 is 1.13 bits per heavy atom. The number of nitrogens with zero attached hydrogens (tertiary/aromatic N) is 3. The molecule has 2 rings (SSSR count). The third kappa shape index (κ3) is 8.71. The van der Waals surface area contributed by atoms with Gasteiger partial charge in [0.2, 0.25) is 11.7 Å². The maximum Gasteiger partial charge on any atom is 0.390 e. The van der Waals surface area contributed by atoms with Crippen LogP contribution in [0.1, 0.15) is 38.5 Å². The molecule has 2 aromatic rings. The van der Waals surface area contributed by atoms with Gasteiger partial charge in [0.25, 0.3) is 0 Å². The van der Waals surface area contributed by atoms with Crippen LogP contribution in [0.25, 0.3) is 11.4 Å². The smallest absolute Gasteiger partial charge is 0.390 e. The number of unbranched alkanes of at least 4 members (excludes halogenated alkanes) is 2. The van der Waals surface area contributed by atoms with Crippen LogP contribution >= 0.6 is 0 Å². The van der Waals surface area contributed by atoms with E-state index in [1.165, 1.54) is 0 Å². The maximum atomic E-state index is 12.2. The van der Waals surface area contributed by atoms with Crippen molar-refractivity contribution in [2.45, 2.75) is 45.2 Å². The average molecular weight is 427 g/mol. The molecule has 0 radical (unpaired) electrons. The van der Waals surface area contributed by atoms with E-state index in [9.17, 15) is 13.2 Å². The molecule has 2 N–H and O–H groups in total. The lowest BCUT2D eigenvalue weighted by molar-refractivity contribution is -0.132. The van der Waals surface area contributed by atoms with Gasteiger partial charge in [0.15, 0.2) is 5.96 Å². The fourth-order valence-electron chi connectivity index (χ4n) is 2.63. The van der Waals surface area contributed by atoms with Crippen molar-refractivity contribution in [1.82, 2.24) is 20.8 Å². The summed E-state index contributed by atoms with van der Waals surface area (Å²) in [6.07, 6.45) is -1.83. The highest BCUT2D eigenvalue weighted by Gasteiger charge is 2.26. The van der Waals surface area contributed by atoms with Crippen LogP contribution in [0.4, 0.5) is 13.2 Å². The Hall–Kier alpha value is -2.78. The van der Waals surface area contributed by atoms with E-state index >= 15 is 0 Å². The topological polar surface area (TPSA) is 84.6 Å². The van der Waals surface area contributed by atoms with Gasteiger partial charge in [0, 0.05) is 31.6 Å². The number of rotatable bonds is 11. The molecule has 1 aromatic heterocycles. The summed E-state index contributed by atoms with van der Waals surface area (Å²) in [7, 11) is 1.61.